The number of aryl methyl sites for hydroxylation is 1. The zero-order chi connectivity index (χ0) is 21.2. The molecule has 0 amide bonds. The molecule has 3 aromatic rings. The number of nitrogens with one attached hydrogen (secondary N) is 2. The molecular formula is C20H26N6O3. The van der Waals surface area contributed by atoms with E-state index >= 15 is 0 Å². The maximum Gasteiger partial charge on any atom is 0.326 e. The van der Waals surface area contributed by atoms with E-state index in [1.54, 1.807) is 0 Å². The number of anilines is 3. The molecule has 0 saturated heterocycles. The Morgan fingerprint density at radius 1 is 1.10 bits per heavy atom. The fourth-order valence-corrected chi connectivity index (χ4v) is 3.28. The van der Waals surface area contributed by atoms with Gasteiger partial charge in [0.2, 0.25) is 11.3 Å². The molecule has 154 valence electrons. The van der Waals surface area contributed by atoms with Gasteiger partial charge in [0.05, 0.1) is 0 Å². The van der Waals surface area contributed by atoms with Crippen molar-refractivity contribution in [2.24, 2.45) is 11.3 Å². The average molecular weight is 398 g/mol. The minimum Gasteiger partial charge on any atom is -0.480 e. The summed E-state index contributed by atoms with van der Waals surface area (Å²) in [7, 11) is 0. The number of aliphatic carboxylic acids is 1. The van der Waals surface area contributed by atoms with Crippen LogP contribution in [-0.2, 0) is 4.79 Å². The first-order valence-corrected chi connectivity index (χ1v) is 9.46. The number of carboxylic acids is 1. The second-order valence-electron chi connectivity index (χ2n) is 8.53. The lowest BCUT2D eigenvalue weighted by molar-refractivity contribution is -0.139. The fraction of sp³-hybridized carbons (Fsp3) is 0.450. The Bertz CT molecular complexity index is 994. The third-order valence-electron chi connectivity index (χ3n) is 4.49. The fourth-order valence-electron chi connectivity index (χ4n) is 3.28. The molecule has 2 unspecified atom stereocenters. The van der Waals surface area contributed by atoms with Crippen LogP contribution in [0.25, 0.3) is 11.3 Å². The summed E-state index contributed by atoms with van der Waals surface area (Å²) in [5.74, 6) is -0.468. The predicted octanol–water partition coefficient (Wildman–Crippen LogP) is 4.00. The standard InChI is InChI=1S/C20H26N6O3/c1-11-6-8-13(9-7-11)21-15-16(24-18-17(23-15)25-29-26-18)22-14(19(27)28)12(2)10-20(3,4)5/h6-9,12,14H,10H2,1-5H3,(H,27,28)(H,21,23,25)(H,22,24,26). The van der Waals surface area contributed by atoms with Gasteiger partial charge in [-0.25, -0.2) is 19.4 Å². The highest BCUT2D eigenvalue weighted by Crippen LogP contribution is 2.30. The number of carbonyl (C=O) groups is 1. The number of benzene rings is 1. The molecule has 9 nitrogen and oxygen atoms in total. The smallest absolute Gasteiger partial charge is 0.326 e. The van der Waals surface area contributed by atoms with Gasteiger partial charge in [0, 0.05) is 5.69 Å². The van der Waals surface area contributed by atoms with Crippen LogP contribution < -0.4 is 10.6 Å². The van der Waals surface area contributed by atoms with E-state index in [9.17, 15) is 9.90 Å². The van der Waals surface area contributed by atoms with Crippen molar-refractivity contribution < 1.29 is 14.5 Å². The average Bonchev–Trinajstić information content (AvgIpc) is 3.06. The molecule has 0 bridgehead atoms. The summed E-state index contributed by atoms with van der Waals surface area (Å²) in [6.07, 6.45) is 0.721. The first-order chi connectivity index (χ1) is 13.6. The van der Waals surface area contributed by atoms with Gasteiger partial charge in [-0.15, -0.1) is 0 Å². The molecule has 0 radical (unpaired) electrons. The van der Waals surface area contributed by atoms with Gasteiger partial charge >= 0.3 is 5.97 Å². The molecule has 3 rings (SSSR count). The van der Waals surface area contributed by atoms with E-state index in [4.69, 9.17) is 4.63 Å². The lowest BCUT2D eigenvalue weighted by atomic mass is 9.82. The Labute approximate surface area is 168 Å². The molecule has 29 heavy (non-hydrogen) atoms. The summed E-state index contributed by atoms with van der Waals surface area (Å²) < 4.78 is 4.71. The van der Waals surface area contributed by atoms with Gasteiger partial charge in [0.25, 0.3) is 0 Å². The minimum absolute atomic E-state index is 0.0105. The molecule has 2 heterocycles. The summed E-state index contributed by atoms with van der Waals surface area (Å²) in [5.41, 5.74) is 2.34. The van der Waals surface area contributed by atoms with Crippen molar-refractivity contribution in [2.45, 2.75) is 47.1 Å². The minimum atomic E-state index is -0.955. The number of aromatic nitrogens is 4. The van der Waals surface area contributed by atoms with Crippen LogP contribution in [0.1, 0.15) is 39.7 Å². The SMILES string of the molecule is Cc1ccc(Nc2nc3nonc3nc2NC(C(=O)O)C(C)CC(C)(C)C)cc1. The Balaban J connectivity index is 1.95. The number of nitrogens with zero attached hydrogens (tertiary/aromatic N) is 4. The van der Waals surface area contributed by atoms with Crippen LogP contribution in [0.15, 0.2) is 28.9 Å². The summed E-state index contributed by atoms with van der Waals surface area (Å²) in [6, 6.07) is 6.89. The topological polar surface area (TPSA) is 126 Å². The van der Waals surface area contributed by atoms with E-state index in [2.05, 4.69) is 51.7 Å². The normalized spacial score (nSPS) is 13.8. The van der Waals surface area contributed by atoms with Crippen molar-refractivity contribution >= 4 is 34.6 Å². The first kappa shape index (κ1) is 20.5. The molecule has 2 atom stereocenters. The van der Waals surface area contributed by atoms with E-state index in [1.807, 2.05) is 38.1 Å². The molecule has 3 N–H and O–H groups in total. The second-order valence-corrected chi connectivity index (χ2v) is 8.53. The van der Waals surface area contributed by atoms with Gasteiger partial charge in [-0.05, 0) is 47.1 Å². The molecule has 0 spiro atoms. The monoisotopic (exact) mass is 398 g/mol. The molecule has 0 aliphatic heterocycles. The molecule has 9 heteroatoms. The van der Waals surface area contributed by atoms with Crippen LogP contribution in [-0.4, -0.2) is 37.4 Å². The largest absolute Gasteiger partial charge is 0.480 e. The second kappa shape index (κ2) is 8.02. The van der Waals surface area contributed by atoms with E-state index in [0.29, 0.717) is 5.82 Å². The molecule has 0 aliphatic rings. The van der Waals surface area contributed by atoms with Gasteiger partial charge in [0.1, 0.15) is 6.04 Å². The maximum atomic E-state index is 12.0. The quantitative estimate of drug-likeness (QED) is 0.541. The highest BCUT2D eigenvalue weighted by molar-refractivity contribution is 5.82. The number of rotatable bonds is 7. The summed E-state index contributed by atoms with van der Waals surface area (Å²) in [6.45, 7) is 10.2. The lowest BCUT2D eigenvalue weighted by Crippen LogP contribution is -2.37. The predicted molar refractivity (Wildman–Crippen MR) is 110 cm³/mol. The van der Waals surface area contributed by atoms with Gasteiger partial charge in [-0.2, -0.15) is 0 Å². The van der Waals surface area contributed by atoms with Crippen LogP contribution in [0.5, 0.6) is 0 Å². The zero-order valence-corrected chi connectivity index (χ0v) is 17.2. The van der Waals surface area contributed by atoms with E-state index in [0.717, 1.165) is 17.7 Å². The number of hydrogen-bond donors (Lipinski definition) is 3. The maximum absolute atomic E-state index is 12.0. The first-order valence-electron chi connectivity index (χ1n) is 9.46. The van der Waals surface area contributed by atoms with Crippen molar-refractivity contribution in [1.29, 1.82) is 0 Å². The number of carboxylic acid groups (broad SMARTS) is 1. The van der Waals surface area contributed by atoms with Crippen molar-refractivity contribution in [3.05, 3.63) is 29.8 Å². The van der Waals surface area contributed by atoms with Crippen molar-refractivity contribution in [1.82, 2.24) is 20.3 Å². The van der Waals surface area contributed by atoms with Crippen molar-refractivity contribution in [2.75, 3.05) is 10.6 Å². The molecule has 0 saturated carbocycles. The highest BCUT2D eigenvalue weighted by atomic mass is 16.6. The summed E-state index contributed by atoms with van der Waals surface area (Å²) in [5, 5.41) is 23.5. The zero-order valence-electron chi connectivity index (χ0n) is 17.2. The number of hydrogen-bond acceptors (Lipinski definition) is 8. The number of fused-ring (bicyclic) bond motifs is 1. The van der Waals surface area contributed by atoms with Crippen LogP contribution in [0.4, 0.5) is 17.3 Å². The molecule has 0 aliphatic carbocycles. The van der Waals surface area contributed by atoms with Crippen LogP contribution in [0, 0.1) is 18.3 Å². The van der Waals surface area contributed by atoms with Gasteiger partial charge in [-0.1, -0.05) is 45.4 Å². The molecular weight excluding hydrogens is 372 g/mol. The Hall–Kier alpha value is -3.23. The summed E-state index contributed by atoms with van der Waals surface area (Å²) >= 11 is 0. The van der Waals surface area contributed by atoms with Crippen LogP contribution in [0.3, 0.4) is 0 Å². The lowest BCUT2D eigenvalue weighted by Gasteiger charge is -2.28. The molecule has 0 fully saturated rings. The van der Waals surface area contributed by atoms with E-state index < -0.39 is 12.0 Å². The van der Waals surface area contributed by atoms with Crippen molar-refractivity contribution in [3.8, 4) is 0 Å². The van der Waals surface area contributed by atoms with E-state index in [1.165, 1.54) is 0 Å². The van der Waals surface area contributed by atoms with Crippen LogP contribution in [0.2, 0.25) is 0 Å². The van der Waals surface area contributed by atoms with Gasteiger partial charge in [0.15, 0.2) is 11.6 Å². The van der Waals surface area contributed by atoms with Crippen molar-refractivity contribution in [3.63, 3.8) is 0 Å². The Kier molecular flexibility index (Phi) is 5.67. The molecule has 2 aromatic heterocycles. The Morgan fingerprint density at radius 3 is 2.24 bits per heavy atom. The highest BCUT2D eigenvalue weighted by Gasteiger charge is 2.30. The van der Waals surface area contributed by atoms with Crippen LogP contribution >= 0.6 is 0 Å². The van der Waals surface area contributed by atoms with Gasteiger partial charge < -0.3 is 15.7 Å². The molecule has 1 aromatic carbocycles. The summed E-state index contributed by atoms with van der Waals surface area (Å²) in [4.78, 5) is 20.8. The van der Waals surface area contributed by atoms with E-state index in [-0.39, 0.29) is 28.4 Å². The Morgan fingerprint density at radius 2 is 1.69 bits per heavy atom. The van der Waals surface area contributed by atoms with Gasteiger partial charge in [-0.3, -0.25) is 0 Å². The third kappa shape index (κ3) is 5.18. The third-order valence-corrected chi connectivity index (χ3v) is 4.49.